The van der Waals surface area contributed by atoms with Gasteiger partial charge in [0.25, 0.3) is 0 Å². The van der Waals surface area contributed by atoms with E-state index in [0.717, 1.165) is 52.0 Å². The number of carbonyl (C=O) groups excluding carboxylic acids is 1. The largest absolute Gasteiger partial charge is 0.373 e. The van der Waals surface area contributed by atoms with Gasteiger partial charge in [0.1, 0.15) is 0 Å². The molecule has 0 radical (unpaired) electrons. The van der Waals surface area contributed by atoms with Crippen LogP contribution in [0.15, 0.2) is 0 Å². The molecule has 17 heavy (non-hydrogen) atoms. The van der Waals surface area contributed by atoms with Crippen molar-refractivity contribution in [3.8, 4) is 0 Å². The Hall–Kier alpha value is -0.610. The van der Waals surface area contributed by atoms with E-state index < -0.39 is 0 Å². The number of ether oxygens (including phenoxy) is 1. The number of nitrogens with zero attached hydrogens (tertiary/aromatic N) is 1. The molecule has 0 aromatic rings. The highest BCUT2D eigenvalue weighted by Gasteiger charge is 2.43. The van der Waals surface area contributed by atoms with Gasteiger partial charge in [0, 0.05) is 26.2 Å². The van der Waals surface area contributed by atoms with Crippen LogP contribution in [0.5, 0.6) is 0 Å². The highest BCUT2D eigenvalue weighted by atomic mass is 16.5. The van der Waals surface area contributed by atoms with E-state index >= 15 is 0 Å². The average Bonchev–Trinajstić information content (AvgIpc) is 2.99. The summed E-state index contributed by atoms with van der Waals surface area (Å²) in [7, 11) is 0. The SMILES string of the molecule is O=C([C@@H]1CCNC1)N1CC[C@@]2(CCCCO2)C1. The minimum absolute atomic E-state index is 0.0138. The Labute approximate surface area is 103 Å². The van der Waals surface area contributed by atoms with E-state index in [-0.39, 0.29) is 11.5 Å². The normalized spacial score (nSPS) is 37.9. The lowest BCUT2D eigenvalue weighted by Crippen LogP contribution is -2.42. The summed E-state index contributed by atoms with van der Waals surface area (Å²) < 4.78 is 5.96. The molecule has 0 bridgehead atoms. The summed E-state index contributed by atoms with van der Waals surface area (Å²) in [6.07, 6.45) is 5.62. The monoisotopic (exact) mass is 238 g/mol. The van der Waals surface area contributed by atoms with E-state index in [2.05, 4.69) is 5.32 Å². The summed E-state index contributed by atoms with van der Waals surface area (Å²) in [4.78, 5) is 14.3. The lowest BCUT2D eigenvalue weighted by atomic mass is 9.93. The van der Waals surface area contributed by atoms with E-state index in [4.69, 9.17) is 4.74 Å². The number of likely N-dealkylation sites (tertiary alicyclic amines) is 1. The number of rotatable bonds is 1. The molecule has 0 aliphatic carbocycles. The van der Waals surface area contributed by atoms with Gasteiger partial charge in [0.15, 0.2) is 0 Å². The summed E-state index contributed by atoms with van der Waals surface area (Å²) in [6, 6.07) is 0. The van der Waals surface area contributed by atoms with Gasteiger partial charge in [-0.3, -0.25) is 4.79 Å². The first kappa shape index (κ1) is 11.5. The fourth-order valence-electron chi connectivity index (χ4n) is 3.39. The van der Waals surface area contributed by atoms with Crippen molar-refractivity contribution in [1.82, 2.24) is 10.2 Å². The molecule has 3 aliphatic rings. The Kier molecular flexibility index (Phi) is 3.09. The fourth-order valence-corrected chi connectivity index (χ4v) is 3.39. The van der Waals surface area contributed by atoms with Gasteiger partial charge in [0.05, 0.1) is 11.5 Å². The fraction of sp³-hybridized carbons (Fsp3) is 0.923. The molecule has 3 fully saturated rings. The molecular weight excluding hydrogens is 216 g/mol. The molecule has 3 rings (SSSR count). The molecule has 1 amide bonds. The van der Waals surface area contributed by atoms with Crippen LogP contribution >= 0.6 is 0 Å². The van der Waals surface area contributed by atoms with Crippen LogP contribution in [-0.4, -0.2) is 49.2 Å². The summed E-state index contributed by atoms with van der Waals surface area (Å²) in [6.45, 7) is 4.47. The van der Waals surface area contributed by atoms with Crippen molar-refractivity contribution in [1.29, 1.82) is 0 Å². The molecule has 4 heteroatoms. The number of amides is 1. The quantitative estimate of drug-likeness (QED) is 0.733. The molecule has 3 saturated heterocycles. The van der Waals surface area contributed by atoms with Crippen molar-refractivity contribution >= 4 is 5.91 Å². The van der Waals surface area contributed by atoms with Crippen molar-refractivity contribution in [2.24, 2.45) is 5.92 Å². The number of hydrogen-bond acceptors (Lipinski definition) is 3. The molecule has 0 saturated carbocycles. The van der Waals surface area contributed by atoms with Crippen LogP contribution in [0.4, 0.5) is 0 Å². The molecule has 3 aliphatic heterocycles. The second-order valence-electron chi connectivity index (χ2n) is 5.69. The first-order chi connectivity index (χ1) is 8.29. The topological polar surface area (TPSA) is 41.6 Å². The second kappa shape index (κ2) is 4.58. The standard InChI is InChI=1S/C13H22N2O2/c16-12(11-3-6-14-9-11)15-7-5-13(10-15)4-1-2-8-17-13/h11,14H,1-10H2/t11-,13+/m1/s1. The number of carbonyl (C=O) groups is 1. The smallest absolute Gasteiger partial charge is 0.227 e. The van der Waals surface area contributed by atoms with E-state index in [0.29, 0.717) is 5.91 Å². The van der Waals surface area contributed by atoms with Gasteiger partial charge < -0.3 is 15.0 Å². The van der Waals surface area contributed by atoms with Gasteiger partial charge in [-0.15, -0.1) is 0 Å². The molecular formula is C13H22N2O2. The van der Waals surface area contributed by atoms with Crippen molar-refractivity contribution < 1.29 is 9.53 Å². The Balaban J connectivity index is 1.60. The van der Waals surface area contributed by atoms with E-state index in [1.807, 2.05) is 4.90 Å². The number of hydrogen-bond donors (Lipinski definition) is 1. The third-order valence-electron chi connectivity index (χ3n) is 4.47. The molecule has 3 heterocycles. The van der Waals surface area contributed by atoms with Crippen molar-refractivity contribution in [3.63, 3.8) is 0 Å². The Bertz CT molecular complexity index is 294. The van der Waals surface area contributed by atoms with Crippen molar-refractivity contribution in [2.45, 2.75) is 37.7 Å². The minimum atomic E-state index is 0.0138. The summed E-state index contributed by atoms with van der Waals surface area (Å²) >= 11 is 0. The Morgan fingerprint density at radius 1 is 1.35 bits per heavy atom. The zero-order valence-electron chi connectivity index (χ0n) is 10.4. The van der Waals surface area contributed by atoms with Crippen molar-refractivity contribution in [2.75, 3.05) is 32.8 Å². The third-order valence-corrected chi connectivity index (χ3v) is 4.47. The zero-order chi connectivity index (χ0) is 11.7. The predicted octanol–water partition coefficient (Wildman–Crippen LogP) is 0.767. The molecule has 1 N–H and O–H groups in total. The molecule has 96 valence electrons. The van der Waals surface area contributed by atoms with Gasteiger partial charge in [-0.25, -0.2) is 0 Å². The van der Waals surface area contributed by atoms with Gasteiger partial charge in [0.2, 0.25) is 5.91 Å². The maximum Gasteiger partial charge on any atom is 0.227 e. The molecule has 1 spiro atoms. The van der Waals surface area contributed by atoms with Gasteiger partial charge in [-0.2, -0.15) is 0 Å². The molecule has 2 atom stereocenters. The van der Waals surface area contributed by atoms with Gasteiger partial charge in [-0.1, -0.05) is 0 Å². The minimum Gasteiger partial charge on any atom is -0.373 e. The van der Waals surface area contributed by atoms with Crippen LogP contribution in [0, 0.1) is 5.92 Å². The van der Waals surface area contributed by atoms with E-state index in [1.54, 1.807) is 0 Å². The zero-order valence-corrected chi connectivity index (χ0v) is 10.4. The van der Waals surface area contributed by atoms with Crippen molar-refractivity contribution in [3.05, 3.63) is 0 Å². The van der Waals surface area contributed by atoms with Crippen LogP contribution in [0.3, 0.4) is 0 Å². The second-order valence-corrected chi connectivity index (χ2v) is 5.69. The lowest BCUT2D eigenvalue weighted by molar-refractivity contribution is -0.136. The molecule has 4 nitrogen and oxygen atoms in total. The highest BCUT2D eigenvalue weighted by molar-refractivity contribution is 5.79. The third kappa shape index (κ3) is 2.20. The summed E-state index contributed by atoms with van der Waals surface area (Å²) in [5, 5.41) is 3.27. The Morgan fingerprint density at radius 2 is 2.29 bits per heavy atom. The molecule has 0 aromatic carbocycles. The average molecular weight is 238 g/mol. The summed E-state index contributed by atoms with van der Waals surface area (Å²) in [5.74, 6) is 0.565. The maximum absolute atomic E-state index is 12.3. The molecule has 0 unspecified atom stereocenters. The predicted molar refractivity (Wildman–Crippen MR) is 64.7 cm³/mol. The summed E-state index contributed by atoms with van der Waals surface area (Å²) in [5.41, 5.74) is 0.0138. The lowest BCUT2D eigenvalue weighted by Gasteiger charge is -2.33. The van der Waals surface area contributed by atoms with E-state index in [1.165, 1.54) is 12.8 Å². The molecule has 0 aromatic heterocycles. The van der Waals surface area contributed by atoms with Crippen LogP contribution in [-0.2, 0) is 9.53 Å². The van der Waals surface area contributed by atoms with Crippen LogP contribution in [0.25, 0.3) is 0 Å². The number of nitrogens with one attached hydrogen (secondary N) is 1. The van der Waals surface area contributed by atoms with Crippen LogP contribution in [0.1, 0.15) is 32.1 Å². The van der Waals surface area contributed by atoms with Crippen LogP contribution < -0.4 is 5.32 Å². The van der Waals surface area contributed by atoms with Crippen LogP contribution in [0.2, 0.25) is 0 Å². The van der Waals surface area contributed by atoms with Gasteiger partial charge in [-0.05, 0) is 38.6 Å². The first-order valence-corrected chi connectivity index (χ1v) is 6.93. The highest BCUT2D eigenvalue weighted by Crippen LogP contribution is 2.34. The first-order valence-electron chi connectivity index (χ1n) is 6.93. The Morgan fingerprint density at radius 3 is 3.00 bits per heavy atom. The van der Waals surface area contributed by atoms with E-state index in [9.17, 15) is 4.79 Å². The van der Waals surface area contributed by atoms with Gasteiger partial charge >= 0.3 is 0 Å². The maximum atomic E-state index is 12.3.